The highest BCUT2D eigenvalue weighted by molar-refractivity contribution is 7.88. The van der Waals surface area contributed by atoms with Crippen LogP contribution in [0.25, 0.3) is 0 Å². The predicted molar refractivity (Wildman–Crippen MR) is 88.9 cm³/mol. The standard InChI is InChI=1S/C15H21N3O5S/c1-24(21,22)16-10-15(20)18-7-8-23-11-13(18)9-14(19)17-12-5-3-2-4-6-12/h2-6,13,16H,7-11H2,1H3,(H,17,19)/t13-/m1/s1. The minimum Gasteiger partial charge on any atom is -0.377 e. The van der Waals surface area contributed by atoms with Crippen molar-refractivity contribution in [3.05, 3.63) is 30.3 Å². The summed E-state index contributed by atoms with van der Waals surface area (Å²) >= 11 is 0. The number of hydrogen-bond acceptors (Lipinski definition) is 5. The molecule has 1 aromatic carbocycles. The lowest BCUT2D eigenvalue weighted by Crippen LogP contribution is -2.52. The van der Waals surface area contributed by atoms with Crippen LogP contribution in [0.1, 0.15) is 6.42 Å². The van der Waals surface area contributed by atoms with Crippen LogP contribution in [0.2, 0.25) is 0 Å². The fraction of sp³-hybridized carbons (Fsp3) is 0.467. The van der Waals surface area contributed by atoms with Gasteiger partial charge in [0.2, 0.25) is 21.8 Å². The minimum absolute atomic E-state index is 0.0828. The number of amides is 2. The minimum atomic E-state index is -3.45. The fourth-order valence-electron chi connectivity index (χ4n) is 2.39. The SMILES string of the molecule is CS(=O)(=O)NCC(=O)N1CCOC[C@H]1CC(=O)Nc1ccccc1. The Kier molecular flexibility index (Phi) is 6.29. The van der Waals surface area contributed by atoms with E-state index < -0.39 is 16.1 Å². The Bertz CT molecular complexity index is 678. The van der Waals surface area contributed by atoms with Gasteiger partial charge in [-0.25, -0.2) is 13.1 Å². The van der Waals surface area contributed by atoms with E-state index in [1.165, 1.54) is 4.90 Å². The van der Waals surface area contributed by atoms with E-state index in [-0.39, 0.29) is 31.4 Å². The van der Waals surface area contributed by atoms with Crippen molar-refractivity contribution in [3.8, 4) is 0 Å². The van der Waals surface area contributed by atoms with Gasteiger partial charge in [0.05, 0.1) is 32.1 Å². The molecule has 0 saturated carbocycles. The number of hydrogen-bond donors (Lipinski definition) is 2. The van der Waals surface area contributed by atoms with Crippen LogP contribution in [0.4, 0.5) is 5.69 Å². The molecule has 0 radical (unpaired) electrons. The first-order valence-electron chi connectivity index (χ1n) is 7.52. The maximum Gasteiger partial charge on any atom is 0.238 e. The van der Waals surface area contributed by atoms with Crippen LogP contribution >= 0.6 is 0 Å². The molecule has 2 rings (SSSR count). The van der Waals surface area contributed by atoms with Gasteiger partial charge in [0.15, 0.2) is 0 Å². The van der Waals surface area contributed by atoms with E-state index in [4.69, 9.17) is 4.74 Å². The lowest BCUT2D eigenvalue weighted by Gasteiger charge is -2.35. The number of sulfonamides is 1. The lowest BCUT2D eigenvalue weighted by atomic mass is 10.1. The predicted octanol–water partition coefficient (Wildman–Crippen LogP) is -0.208. The Morgan fingerprint density at radius 1 is 1.29 bits per heavy atom. The molecule has 2 N–H and O–H groups in total. The Morgan fingerprint density at radius 2 is 2.00 bits per heavy atom. The van der Waals surface area contributed by atoms with Gasteiger partial charge in [0, 0.05) is 18.7 Å². The molecule has 9 heteroatoms. The number of carbonyl (C=O) groups excluding carboxylic acids is 2. The molecular formula is C15H21N3O5S. The van der Waals surface area contributed by atoms with Crippen molar-refractivity contribution < 1.29 is 22.7 Å². The molecule has 0 unspecified atom stereocenters. The summed E-state index contributed by atoms with van der Waals surface area (Å²) in [5, 5.41) is 2.76. The quantitative estimate of drug-likeness (QED) is 0.735. The van der Waals surface area contributed by atoms with Crippen molar-refractivity contribution >= 4 is 27.5 Å². The smallest absolute Gasteiger partial charge is 0.238 e. The largest absolute Gasteiger partial charge is 0.377 e. The second kappa shape index (κ2) is 8.22. The summed E-state index contributed by atoms with van der Waals surface area (Å²) in [5.41, 5.74) is 0.677. The van der Waals surface area contributed by atoms with Crippen LogP contribution in [0.3, 0.4) is 0 Å². The highest BCUT2D eigenvalue weighted by Crippen LogP contribution is 2.13. The van der Waals surface area contributed by atoms with Crippen LogP contribution < -0.4 is 10.0 Å². The van der Waals surface area contributed by atoms with Gasteiger partial charge in [-0.1, -0.05) is 18.2 Å². The maximum absolute atomic E-state index is 12.2. The molecule has 24 heavy (non-hydrogen) atoms. The molecule has 132 valence electrons. The highest BCUT2D eigenvalue weighted by atomic mass is 32.2. The third kappa shape index (κ3) is 5.91. The van der Waals surface area contributed by atoms with E-state index in [9.17, 15) is 18.0 Å². The molecule has 1 atom stereocenters. The molecule has 1 saturated heterocycles. The summed E-state index contributed by atoms with van der Waals surface area (Å²) in [7, 11) is -3.45. The van der Waals surface area contributed by atoms with Gasteiger partial charge in [0.25, 0.3) is 0 Å². The first kappa shape index (κ1) is 18.4. The Hall–Kier alpha value is -1.97. The number of benzene rings is 1. The van der Waals surface area contributed by atoms with Gasteiger partial charge >= 0.3 is 0 Å². The van der Waals surface area contributed by atoms with E-state index in [1.807, 2.05) is 18.2 Å². The molecular weight excluding hydrogens is 334 g/mol. The van der Waals surface area contributed by atoms with Crippen molar-refractivity contribution in [1.82, 2.24) is 9.62 Å². The monoisotopic (exact) mass is 355 g/mol. The van der Waals surface area contributed by atoms with Gasteiger partial charge < -0.3 is 15.0 Å². The number of para-hydroxylation sites is 1. The topological polar surface area (TPSA) is 105 Å². The Morgan fingerprint density at radius 3 is 2.67 bits per heavy atom. The molecule has 1 aliphatic heterocycles. The van der Waals surface area contributed by atoms with Crippen LogP contribution in [0, 0.1) is 0 Å². The summed E-state index contributed by atoms with van der Waals surface area (Å²) in [6.45, 7) is 0.609. The highest BCUT2D eigenvalue weighted by Gasteiger charge is 2.29. The molecule has 1 aromatic rings. The van der Waals surface area contributed by atoms with Crippen molar-refractivity contribution in [2.24, 2.45) is 0 Å². The van der Waals surface area contributed by atoms with E-state index >= 15 is 0 Å². The van der Waals surface area contributed by atoms with E-state index in [0.29, 0.717) is 18.8 Å². The van der Waals surface area contributed by atoms with Crippen LogP contribution in [0.15, 0.2) is 30.3 Å². The number of carbonyl (C=O) groups is 2. The second-order valence-electron chi connectivity index (χ2n) is 5.53. The van der Waals surface area contributed by atoms with Crippen molar-refractivity contribution in [1.29, 1.82) is 0 Å². The average Bonchev–Trinajstić information content (AvgIpc) is 2.53. The first-order chi connectivity index (χ1) is 11.3. The molecule has 1 heterocycles. The average molecular weight is 355 g/mol. The van der Waals surface area contributed by atoms with Crippen molar-refractivity contribution in [2.45, 2.75) is 12.5 Å². The van der Waals surface area contributed by atoms with Crippen molar-refractivity contribution in [2.75, 3.05) is 37.9 Å². The van der Waals surface area contributed by atoms with Gasteiger partial charge in [-0.15, -0.1) is 0 Å². The number of rotatable bonds is 6. The lowest BCUT2D eigenvalue weighted by molar-refractivity contribution is -0.139. The summed E-state index contributed by atoms with van der Waals surface area (Å²) in [6.07, 6.45) is 1.07. The molecule has 0 spiro atoms. The number of nitrogens with one attached hydrogen (secondary N) is 2. The number of morpholine rings is 1. The van der Waals surface area contributed by atoms with Crippen LogP contribution in [0.5, 0.6) is 0 Å². The maximum atomic E-state index is 12.2. The molecule has 0 aromatic heterocycles. The zero-order chi connectivity index (χ0) is 17.6. The summed E-state index contributed by atoms with van der Waals surface area (Å²) in [5.74, 6) is -0.605. The zero-order valence-electron chi connectivity index (χ0n) is 13.4. The first-order valence-corrected chi connectivity index (χ1v) is 9.41. The third-order valence-electron chi connectivity index (χ3n) is 3.51. The zero-order valence-corrected chi connectivity index (χ0v) is 14.2. The van der Waals surface area contributed by atoms with Gasteiger partial charge in [-0.2, -0.15) is 0 Å². The van der Waals surface area contributed by atoms with Gasteiger partial charge in [0.1, 0.15) is 0 Å². The van der Waals surface area contributed by atoms with E-state index in [0.717, 1.165) is 6.26 Å². The number of nitrogens with zero attached hydrogens (tertiary/aromatic N) is 1. The summed E-state index contributed by atoms with van der Waals surface area (Å²) in [6, 6.07) is 8.59. The molecule has 1 fully saturated rings. The summed E-state index contributed by atoms with van der Waals surface area (Å²) < 4.78 is 29.7. The summed E-state index contributed by atoms with van der Waals surface area (Å²) in [4.78, 5) is 25.8. The van der Waals surface area contributed by atoms with Gasteiger partial charge in [-0.3, -0.25) is 9.59 Å². The van der Waals surface area contributed by atoms with Crippen LogP contribution in [-0.4, -0.2) is 63.7 Å². The fourth-order valence-corrected chi connectivity index (χ4v) is 2.78. The van der Waals surface area contributed by atoms with Crippen molar-refractivity contribution in [3.63, 3.8) is 0 Å². The molecule has 8 nitrogen and oxygen atoms in total. The molecule has 0 aliphatic carbocycles. The molecule has 0 bridgehead atoms. The Labute approximate surface area is 141 Å². The Balaban J connectivity index is 1.93. The second-order valence-corrected chi connectivity index (χ2v) is 7.36. The number of anilines is 1. The van der Waals surface area contributed by atoms with Crippen LogP contribution in [-0.2, 0) is 24.3 Å². The molecule has 1 aliphatic rings. The number of ether oxygens (including phenoxy) is 1. The third-order valence-corrected chi connectivity index (χ3v) is 4.18. The van der Waals surface area contributed by atoms with Gasteiger partial charge in [-0.05, 0) is 12.1 Å². The van der Waals surface area contributed by atoms with E-state index in [1.54, 1.807) is 12.1 Å². The van der Waals surface area contributed by atoms with E-state index in [2.05, 4.69) is 10.0 Å². The molecule has 2 amide bonds. The normalized spacial score (nSPS) is 18.2.